The lowest BCUT2D eigenvalue weighted by Gasteiger charge is -2.27. The number of benzene rings is 2. The number of carbonyl (C=O) groups excluding carboxylic acids is 5. The Balaban J connectivity index is 1.32. The van der Waals surface area contributed by atoms with Crippen molar-refractivity contribution in [1.82, 2.24) is 10.6 Å². The van der Waals surface area contributed by atoms with E-state index in [2.05, 4.69) is 10.6 Å². The highest BCUT2D eigenvalue weighted by Gasteiger charge is 2.36. The summed E-state index contributed by atoms with van der Waals surface area (Å²) in [6.07, 6.45) is 7.64. The van der Waals surface area contributed by atoms with Crippen LogP contribution in [-0.4, -0.2) is 35.2 Å². The number of fused-ring (bicyclic) bond motifs is 1. The summed E-state index contributed by atoms with van der Waals surface area (Å²) in [6.45, 7) is 0.171. The van der Waals surface area contributed by atoms with Crippen molar-refractivity contribution in [2.24, 2.45) is 17.8 Å². The second-order valence-corrected chi connectivity index (χ2v) is 12.1. The summed E-state index contributed by atoms with van der Waals surface area (Å²) >= 11 is 0. The first-order valence-corrected chi connectivity index (χ1v) is 15.6. The van der Waals surface area contributed by atoms with Gasteiger partial charge in [-0.2, -0.15) is 0 Å². The summed E-state index contributed by atoms with van der Waals surface area (Å²) < 4.78 is 5.79. The molecule has 2 fully saturated rings. The molecule has 226 valence electrons. The predicted molar refractivity (Wildman–Crippen MR) is 162 cm³/mol. The molecule has 2 N–H and O–H groups in total. The zero-order valence-corrected chi connectivity index (χ0v) is 24.5. The molecule has 43 heavy (non-hydrogen) atoms. The molecular formula is C35H40N2O6. The molecule has 0 spiro atoms. The van der Waals surface area contributed by atoms with Gasteiger partial charge in [-0.25, -0.2) is 0 Å². The van der Waals surface area contributed by atoms with Gasteiger partial charge in [0.05, 0.1) is 6.04 Å². The molecule has 3 aromatic rings. The third-order valence-corrected chi connectivity index (χ3v) is 8.95. The van der Waals surface area contributed by atoms with Crippen molar-refractivity contribution in [3.05, 3.63) is 72.0 Å². The van der Waals surface area contributed by atoms with Gasteiger partial charge >= 0.3 is 0 Å². The molecule has 0 saturated heterocycles. The highest BCUT2D eigenvalue weighted by atomic mass is 16.3. The largest absolute Gasteiger partial charge is 0.453 e. The van der Waals surface area contributed by atoms with E-state index in [9.17, 15) is 24.0 Å². The summed E-state index contributed by atoms with van der Waals surface area (Å²) in [5.74, 6) is -2.81. The highest BCUT2D eigenvalue weighted by Crippen LogP contribution is 2.32. The first-order valence-electron chi connectivity index (χ1n) is 15.6. The van der Waals surface area contributed by atoms with Gasteiger partial charge in [0.15, 0.2) is 11.5 Å². The van der Waals surface area contributed by atoms with Crippen molar-refractivity contribution in [2.45, 2.75) is 83.2 Å². The average Bonchev–Trinajstić information content (AvgIpc) is 3.65. The SMILES string of the molecule is O=C(NCc1ccccc1)C(=O)[C@H](C[C@@H]1CCCC1=O)NC(=O)[C@@H](CC(=O)c1cc2ccccc2o1)CC1CCCCC1. The number of hydrogen-bond acceptors (Lipinski definition) is 6. The molecule has 2 aliphatic carbocycles. The van der Waals surface area contributed by atoms with Gasteiger partial charge < -0.3 is 15.1 Å². The Morgan fingerprint density at radius 3 is 2.33 bits per heavy atom. The van der Waals surface area contributed by atoms with Gasteiger partial charge in [-0.15, -0.1) is 0 Å². The van der Waals surface area contributed by atoms with Gasteiger partial charge in [0.2, 0.25) is 11.7 Å². The van der Waals surface area contributed by atoms with Crippen molar-refractivity contribution in [3.63, 3.8) is 0 Å². The zero-order chi connectivity index (χ0) is 30.2. The summed E-state index contributed by atoms with van der Waals surface area (Å²) in [4.78, 5) is 66.1. The molecule has 0 bridgehead atoms. The van der Waals surface area contributed by atoms with Gasteiger partial charge in [-0.1, -0.05) is 80.6 Å². The van der Waals surface area contributed by atoms with Gasteiger partial charge in [-0.3, -0.25) is 24.0 Å². The second kappa shape index (κ2) is 14.4. The smallest absolute Gasteiger partial charge is 0.289 e. The molecule has 0 radical (unpaired) electrons. The van der Waals surface area contributed by atoms with Crippen LogP contribution < -0.4 is 10.6 Å². The maximum Gasteiger partial charge on any atom is 0.289 e. The maximum absolute atomic E-state index is 13.9. The number of para-hydroxylation sites is 1. The van der Waals surface area contributed by atoms with Crippen LogP contribution >= 0.6 is 0 Å². The predicted octanol–water partition coefficient (Wildman–Crippen LogP) is 5.72. The number of Topliss-reactive ketones (excluding diaryl/α,β-unsaturated/α-hetero) is 3. The Bertz CT molecular complexity index is 1420. The highest BCUT2D eigenvalue weighted by molar-refractivity contribution is 6.38. The molecule has 2 amide bonds. The maximum atomic E-state index is 13.9. The van der Waals surface area contributed by atoms with Crippen LogP contribution in [-0.2, 0) is 25.7 Å². The minimum absolute atomic E-state index is 0.0514. The lowest BCUT2D eigenvalue weighted by molar-refractivity contribution is -0.141. The summed E-state index contributed by atoms with van der Waals surface area (Å²) in [6, 6.07) is 17.2. The van der Waals surface area contributed by atoms with E-state index in [0.717, 1.165) is 49.5 Å². The lowest BCUT2D eigenvalue weighted by atomic mass is 9.80. The molecule has 1 heterocycles. The van der Waals surface area contributed by atoms with Crippen LogP contribution in [0.2, 0.25) is 0 Å². The van der Waals surface area contributed by atoms with Crippen molar-refractivity contribution < 1.29 is 28.4 Å². The van der Waals surface area contributed by atoms with Crippen LogP contribution in [0.3, 0.4) is 0 Å². The molecule has 0 unspecified atom stereocenters. The number of furan rings is 1. The number of nitrogens with one attached hydrogen (secondary N) is 2. The monoisotopic (exact) mass is 584 g/mol. The quantitative estimate of drug-likeness (QED) is 0.196. The average molecular weight is 585 g/mol. The van der Waals surface area contributed by atoms with Crippen molar-refractivity contribution in [3.8, 4) is 0 Å². The molecule has 1 aromatic heterocycles. The first-order chi connectivity index (χ1) is 20.9. The Labute approximate surface area is 252 Å². The fourth-order valence-electron chi connectivity index (χ4n) is 6.52. The molecule has 8 heteroatoms. The Hall–Kier alpha value is -4.07. The minimum Gasteiger partial charge on any atom is -0.453 e. The molecule has 5 rings (SSSR count). The molecule has 2 aliphatic rings. The van der Waals surface area contributed by atoms with E-state index < -0.39 is 29.6 Å². The topological polar surface area (TPSA) is 123 Å². The number of ketones is 3. The normalized spacial score (nSPS) is 18.7. The Morgan fingerprint density at radius 2 is 1.60 bits per heavy atom. The molecule has 2 aromatic carbocycles. The molecule has 8 nitrogen and oxygen atoms in total. The van der Waals surface area contributed by atoms with Gasteiger partial charge in [-0.05, 0) is 49.3 Å². The van der Waals surface area contributed by atoms with Crippen molar-refractivity contribution in [2.75, 3.05) is 0 Å². The first kappa shape index (κ1) is 30.4. The third kappa shape index (κ3) is 8.06. The van der Waals surface area contributed by atoms with Crippen molar-refractivity contribution >= 4 is 40.1 Å². The van der Waals surface area contributed by atoms with Crippen LogP contribution in [0.1, 0.15) is 86.7 Å². The van der Waals surface area contributed by atoms with E-state index in [1.165, 1.54) is 0 Å². The third-order valence-electron chi connectivity index (χ3n) is 8.95. The minimum atomic E-state index is -1.15. The standard InChI is InChI=1S/C35H40N2O6/c38-29-16-9-15-25(29)19-28(33(40)35(42)36-22-24-12-5-2-6-13-24)37-34(41)27(18-23-10-3-1-4-11-23)20-30(39)32-21-26-14-7-8-17-31(26)43-32/h2,5-8,12-14,17,21,23,25,27-28H,1,3-4,9-11,15-16,18-20,22H2,(H,36,42)(H,37,41)/t25-,27+,28-/m0/s1. The lowest BCUT2D eigenvalue weighted by Crippen LogP contribution is -2.50. The van der Waals surface area contributed by atoms with E-state index in [-0.39, 0.29) is 42.6 Å². The number of hydrogen-bond donors (Lipinski definition) is 2. The van der Waals surface area contributed by atoms with Crippen LogP contribution in [0.25, 0.3) is 11.0 Å². The Morgan fingerprint density at radius 1 is 0.860 bits per heavy atom. The van der Waals surface area contributed by atoms with Crippen LogP contribution in [0.5, 0.6) is 0 Å². The summed E-state index contributed by atoms with van der Waals surface area (Å²) in [5.41, 5.74) is 1.44. The van der Waals surface area contributed by atoms with Crippen LogP contribution in [0, 0.1) is 17.8 Å². The van der Waals surface area contributed by atoms with Crippen LogP contribution in [0.4, 0.5) is 0 Å². The van der Waals surface area contributed by atoms with Crippen LogP contribution in [0.15, 0.2) is 65.1 Å². The van der Waals surface area contributed by atoms with E-state index >= 15 is 0 Å². The molecule has 3 atom stereocenters. The van der Waals surface area contributed by atoms with Gasteiger partial charge in [0.25, 0.3) is 5.91 Å². The fraction of sp³-hybridized carbons (Fsp3) is 0.457. The number of rotatable bonds is 13. The zero-order valence-electron chi connectivity index (χ0n) is 24.5. The molecule has 2 saturated carbocycles. The molecular weight excluding hydrogens is 544 g/mol. The Kier molecular flexibility index (Phi) is 10.2. The summed E-state index contributed by atoms with van der Waals surface area (Å²) in [7, 11) is 0. The second-order valence-electron chi connectivity index (χ2n) is 12.1. The van der Waals surface area contributed by atoms with Gasteiger partial charge in [0, 0.05) is 36.6 Å². The fourth-order valence-corrected chi connectivity index (χ4v) is 6.52. The summed E-state index contributed by atoms with van der Waals surface area (Å²) in [5, 5.41) is 6.30. The number of amides is 2. The van der Waals surface area contributed by atoms with Crippen molar-refractivity contribution in [1.29, 1.82) is 0 Å². The van der Waals surface area contributed by atoms with Gasteiger partial charge in [0.1, 0.15) is 11.4 Å². The van der Waals surface area contributed by atoms with E-state index in [0.29, 0.717) is 30.8 Å². The molecule has 0 aliphatic heterocycles. The number of carbonyl (C=O) groups is 5. The van der Waals surface area contributed by atoms with E-state index in [4.69, 9.17) is 4.42 Å². The van der Waals surface area contributed by atoms with E-state index in [1.807, 2.05) is 48.5 Å². The van der Waals surface area contributed by atoms with E-state index in [1.54, 1.807) is 12.1 Å².